The average molecular weight is 405 g/mol. The molecule has 0 aliphatic rings. The van der Waals surface area contributed by atoms with E-state index >= 15 is 0 Å². The van der Waals surface area contributed by atoms with E-state index in [1.807, 2.05) is 27.7 Å². The molecule has 15 heavy (non-hydrogen) atoms. The molecule has 0 heterocycles. The van der Waals surface area contributed by atoms with E-state index in [1.165, 1.54) is 11.1 Å². The standard InChI is InChI=1S/C10H15At.2C2H6/c1-8-5-6-10(11(3)4)7-9(8)2;2*1-2/h5-7H,1-4H3;2*1-2H3. The molecule has 1 aromatic rings. The van der Waals surface area contributed by atoms with E-state index in [4.69, 9.17) is 0 Å². The third-order valence-electron chi connectivity index (χ3n) is 1.91. The Morgan fingerprint density at radius 3 is 1.60 bits per heavy atom. The Labute approximate surface area is 105 Å². The zero-order valence-corrected chi connectivity index (χ0v) is 14.5. The Morgan fingerprint density at radius 2 is 1.27 bits per heavy atom. The Hall–Kier alpha value is 0.103. The van der Waals surface area contributed by atoms with Gasteiger partial charge in [0, 0.05) is 0 Å². The van der Waals surface area contributed by atoms with Crippen molar-refractivity contribution in [2.24, 2.45) is 0 Å². The van der Waals surface area contributed by atoms with E-state index in [9.17, 15) is 0 Å². The number of rotatable bonds is 1. The summed E-state index contributed by atoms with van der Waals surface area (Å²) in [4.78, 5) is 0. The number of hydrogen-bond acceptors (Lipinski definition) is 0. The predicted octanol–water partition coefficient (Wildman–Crippen LogP) is 4.70. The molecule has 0 spiro atoms. The monoisotopic (exact) mass is 405 g/mol. The molecule has 0 bridgehead atoms. The fourth-order valence-corrected chi connectivity index (χ4v) is 3.65. The van der Waals surface area contributed by atoms with Gasteiger partial charge in [-0.2, -0.15) is 0 Å². The molecule has 0 aliphatic heterocycles. The minimum absolute atomic E-state index is 0.986. The van der Waals surface area contributed by atoms with E-state index in [-0.39, 0.29) is 0 Å². The van der Waals surface area contributed by atoms with E-state index in [0.717, 1.165) is 0 Å². The van der Waals surface area contributed by atoms with Gasteiger partial charge in [-0.25, -0.2) is 0 Å². The molecule has 0 saturated carbocycles. The van der Waals surface area contributed by atoms with Crippen molar-refractivity contribution in [3.8, 4) is 0 Å². The molecule has 0 N–H and O–H groups in total. The van der Waals surface area contributed by atoms with Crippen LogP contribution in [-0.2, 0) is 0 Å². The van der Waals surface area contributed by atoms with Crippen LogP contribution in [0.3, 0.4) is 0 Å². The molecule has 0 saturated heterocycles. The average Bonchev–Trinajstić information content (AvgIpc) is 2.27. The Kier molecular flexibility index (Phi) is 12.4. The maximum absolute atomic E-state index is 2.41. The third-order valence-corrected chi connectivity index (χ3v) is 6.21. The summed E-state index contributed by atoms with van der Waals surface area (Å²) in [6.07, 6.45) is 0. The molecule has 0 radical (unpaired) electrons. The number of aryl methyl sites for hydroxylation is 2. The van der Waals surface area contributed by atoms with Crippen LogP contribution in [0.1, 0.15) is 38.8 Å². The first-order valence-electron chi connectivity index (χ1n) is 5.68. The summed E-state index contributed by atoms with van der Waals surface area (Å²) in [6, 6.07) is 6.90. The summed E-state index contributed by atoms with van der Waals surface area (Å²) >= 11 is -0.986. The molecule has 1 rings (SSSR count). The van der Waals surface area contributed by atoms with Crippen LogP contribution >= 0.6 is 0 Å². The van der Waals surface area contributed by atoms with Gasteiger partial charge in [0.2, 0.25) is 0 Å². The van der Waals surface area contributed by atoms with Crippen LogP contribution in [0, 0.1) is 35.6 Å². The summed E-state index contributed by atoms with van der Waals surface area (Å²) in [6.45, 7) is 12.4. The molecule has 0 aromatic heterocycles. The fraction of sp³-hybridized carbons (Fsp3) is 0.571. The van der Waals surface area contributed by atoms with Crippen molar-refractivity contribution in [2.75, 3.05) is 0 Å². The minimum atomic E-state index is -0.986. The first-order valence-corrected chi connectivity index (χ1v) is 13.0. The molecule has 0 amide bonds. The van der Waals surface area contributed by atoms with Crippen molar-refractivity contribution in [1.29, 1.82) is 0 Å². The molecule has 0 unspecified atom stereocenters. The van der Waals surface area contributed by atoms with Gasteiger partial charge in [-0.1, -0.05) is 27.7 Å². The molecule has 0 nitrogen and oxygen atoms in total. The van der Waals surface area contributed by atoms with Crippen molar-refractivity contribution in [3.05, 3.63) is 29.3 Å². The van der Waals surface area contributed by atoms with Gasteiger partial charge in [0.1, 0.15) is 0 Å². The second-order valence-electron chi connectivity index (χ2n) is 2.98. The summed E-state index contributed by atoms with van der Waals surface area (Å²) in [5.41, 5.74) is 2.86. The van der Waals surface area contributed by atoms with Crippen LogP contribution in [0.15, 0.2) is 18.2 Å². The van der Waals surface area contributed by atoms with Crippen LogP contribution in [0.25, 0.3) is 0 Å². The Morgan fingerprint density at radius 1 is 0.800 bits per heavy atom. The normalized spacial score (nSPS) is 9.20. The van der Waals surface area contributed by atoms with Gasteiger partial charge in [-0.15, -0.1) is 0 Å². The van der Waals surface area contributed by atoms with E-state index in [2.05, 4.69) is 41.3 Å². The molecule has 1 aromatic carbocycles. The maximum atomic E-state index is 2.41. The molecule has 0 aliphatic carbocycles. The Bertz CT molecular complexity index is 252. The molecular weight excluding hydrogens is 378 g/mol. The zero-order chi connectivity index (χ0) is 12.4. The fourth-order valence-electron chi connectivity index (χ4n) is 0.940. The van der Waals surface area contributed by atoms with Gasteiger partial charge < -0.3 is 0 Å². The van der Waals surface area contributed by atoms with Gasteiger partial charge in [-0.3, -0.25) is 0 Å². The van der Waals surface area contributed by atoms with Crippen LogP contribution in [0.5, 0.6) is 0 Å². The molecule has 1 heteroatoms. The van der Waals surface area contributed by atoms with Crippen LogP contribution in [0.4, 0.5) is 0 Å². The van der Waals surface area contributed by atoms with E-state index < -0.39 is 21.8 Å². The van der Waals surface area contributed by atoms with Gasteiger partial charge in [0.25, 0.3) is 0 Å². The topological polar surface area (TPSA) is 0 Å². The first kappa shape index (κ1) is 17.5. The van der Waals surface area contributed by atoms with E-state index in [0.29, 0.717) is 0 Å². The zero-order valence-electron chi connectivity index (χ0n) is 11.6. The first-order chi connectivity index (χ1) is 7.11. The SMILES string of the molecule is CC.CC.Cc1ccc([At](C)C)cc1C. The molecule has 0 atom stereocenters. The summed E-state index contributed by atoms with van der Waals surface area (Å²) in [5, 5.41) is 0. The summed E-state index contributed by atoms with van der Waals surface area (Å²) in [5.74, 6) is 0. The van der Waals surface area contributed by atoms with Crippen LogP contribution in [0.2, 0.25) is 9.26 Å². The van der Waals surface area contributed by atoms with E-state index in [1.54, 1.807) is 3.27 Å². The van der Waals surface area contributed by atoms with Gasteiger partial charge in [-0.05, 0) is 0 Å². The van der Waals surface area contributed by atoms with Crippen LogP contribution < -0.4 is 3.27 Å². The van der Waals surface area contributed by atoms with Gasteiger partial charge in [0.05, 0.1) is 0 Å². The van der Waals surface area contributed by atoms with Crippen molar-refractivity contribution >= 4 is 3.27 Å². The van der Waals surface area contributed by atoms with Crippen molar-refractivity contribution in [2.45, 2.75) is 50.8 Å². The van der Waals surface area contributed by atoms with Gasteiger partial charge >= 0.3 is 77.5 Å². The molecular formula is C14H27At. The second kappa shape index (κ2) is 10.6. The third kappa shape index (κ3) is 7.06. The quantitative estimate of drug-likeness (QED) is 0.636. The Balaban J connectivity index is 0. The van der Waals surface area contributed by atoms with Crippen molar-refractivity contribution in [1.82, 2.24) is 0 Å². The molecule has 0 fully saturated rings. The summed E-state index contributed by atoms with van der Waals surface area (Å²) < 4.78 is 6.45. The van der Waals surface area contributed by atoms with Crippen LogP contribution in [-0.4, -0.2) is 0 Å². The van der Waals surface area contributed by atoms with Crippen molar-refractivity contribution < 1.29 is 21.8 Å². The second-order valence-corrected chi connectivity index (χ2v) is 10.6. The predicted molar refractivity (Wildman–Crippen MR) is 70.0 cm³/mol. The van der Waals surface area contributed by atoms with Crippen molar-refractivity contribution in [3.63, 3.8) is 0 Å². The number of benzene rings is 1. The number of hydrogen-bond donors (Lipinski definition) is 0. The molecule has 90 valence electrons. The van der Waals surface area contributed by atoms with Gasteiger partial charge in [0.15, 0.2) is 0 Å². The summed E-state index contributed by atoms with van der Waals surface area (Å²) in [7, 11) is 0.